The van der Waals surface area contributed by atoms with Gasteiger partial charge in [-0.15, -0.1) is 36.8 Å². The molecule has 1 nitrogen and oxygen atoms in total. The van der Waals surface area contributed by atoms with Crippen molar-refractivity contribution < 1.29 is 31.3 Å². The number of aliphatic hydroxyl groups excluding tert-OH is 1. The van der Waals surface area contributed by atoms with Gasteiger partial charge in [-0.25, -0.2) is 17.3 Å². The second-order valence-electron chi connectivity index (χ2n) is 4.81. The van der Waals surface area contributed by atoms with E-state index in [4.69, 9.17) is 0 Å². The Labute approximate surface area is 158 Å². The van der Waals surface area contributed by atoms with Crippen LogP contribution in [0.1, 0.15) is 40.0 Å². The van der Waals surface area contributed by atoms with Crippen molar-refractivity contribution in [1.82, 2.24) is 0 Å². The molecule has 0 bridgehead atoms. The second-order valence-corrected chi connectivity index (χ2v) is 5.81. The zero-order valence-electron chi connectivity index (χ0n) is 12.6. The van der Waals surface area contributed by atoms with Crippen LogP contribution in [0.5, 0.6) is 0 Å². The maximum Gasteiger partial charge on any atom is 2.00 e. The zero-order chi connectivity index (χ0) is 12.9. The number of rotatable bonds is 2. The number of hydrogen-bond acceptors (Lipinski definition) is 1. The van der Waals surface area contributed by atoms with E-state index in [9.17, 15) is 5.11 Å². The SMILES string of the molecule is CCCC1(C)[C-]=C([SiH3])C(O)=C1C.Cl.Cl.[C-]1=CC=CC1.[Zr+2]. The Bertz CT molecular complexity index is 393. The van der Waals surface area contributed by atoms with Crippen LogP contribution in [0.25, 0.3) is 0 Å². The van der Waals surface area contributed by atoms with Gasteiger partial charge in [-0.3, -0.25) is 12.2 Å². The van der Waals surface area contributed by atoms with Crippen LogP contribution in [0.4, 0.5) is 0 Å². The topological polar surface area (TPSA) is 20.2 Å². The van der Waals surface area contributed by atoms with Crippen molar-refractivity contribution in [2.45, 2.75) is 40.0 Å². The summed E-state index contributed by atoms with van der Waals surface area (Å²) in [6, 6.07) is 0. The molecule has 0 saturated carbocycles. The van der Waals surface area contributed by atoms with Gasteiger partial charge in [0.05, 0.1) is 0 Å². The van der Waals surface area contributed by atoms with E-state index < -0.39 is 0 Å². The molecule has 0 aliphatic heterocycles. The normalized spacial score (nSPS) is 22.2. The molecule has 0 spiro atoms. The third kappa shape index (κ3) is 6.93. The van der Waals surface area contributed by atoms with Crippen molar-refractivity contribution in [2.24, 2.45) is 5.41 Å². The van der Waals surface area contributed by atoms with E-state index in [-0.39, 0.29) is 56.4 Å². The van der Waals surface area contributed by atoms with E-state index in [0.29, 0.717) is 5.76 Å². The van der Waals surface area contributed by atoms with Crippen LogP contribution >= 0.6 is 24.8 Å². The van der Waals surface area contributed by atoms with Crippen molar-refractivity contribution in [3.63, 3.8) is 0 Å². The maximum absolute atomic E-state index is 9.64. The summed E-state index contributed by atoms with van der Waals surface area (Å²) in [4.78, 5) is 0. The molecule has 5 heteroatoms. The molecule has 0 heterocycles. The number of aliphatic hydroxyl groups is 1. The van der Waals surface area contributed by atoms with Crippen LogP contribution in [0, 0.1) is 17.6 Å². The minimum Gasteiger partial charge on any atom is -0.593 e. The Hall–Kier alpha value is 0.440. The van der Waals surface area contributed by atoms with Gasteiger partial charge in [-0.2, -0.15) is 6.08 Å². The first-order valence-corrected chi connectivity index (χ1v) is 7.25. The molecular formula is C15H24Cl2OSiZr. The summed E-state index contributed by atoms with van der Waals surface area (Å²) in [6.07, 6.45) is 15.6. The van der Waals surface area contributed by atoms with Gasteiger partial charge >= 0.3 is 26.2 Å². The summed E-state index contributed by atoms with van der Waals surface area (Å²) in [5.41, 5.74) is 1.13. The molecule has 0 aromatic carbocycles. The Kier molecular flexibility index (Phi) is 15.3. The summed E-state index contributed by atoms with van der Waals surface area (Å²) < 4.78 is 0. The third-order valence-electron chi connectivity index (χ3n) is 3.34. The van der Waals surface area contributed by atoms with Crippen LogP contribution in [-0.4, -0.2) is 15.3 Å². The fourth-order valence-corrected chi connectivity index (χ4v) is 3.13. The number of halogens is 2. The molecule has 0 amide bonds. The number of allylic oxidation sites excluding steroid dienone is 7. The fourth-order valence-electron chi connectivity index (χ4n) is 2.20. The Balaban J connectivity index is -0.000000312. The van der Waals surface area contributed by atoms with Gasteiger partial charge in [0.15, 0.2) is 0 Å². The first-order valence-electron chi connectivity index (χ1n) is 6.25. The molecule has 20 heavy (non-hydrogen) atoms. The van der Waals surface area contributed by atoms with Crippen molar-refractivity contribution >= 4 is 35.1 Å². The smallest absolute Gasteiger partial charge is 0.593 e. The summed E-state index contributed by atoms with van der Waals surface area (Å²) in [6.45, 7) is 6.35. The van der Waals surface area contributed by atoms with Crippen LogP contribution in [0.2, 0.25) is 0 Å². The molecule has 112 valence electrons. The summed E-state index contributed by atoms with van der Waals surface area (Å²) in [5.74, 6) is 0.512. The molecule has 0 saturated heterocycles. The van der Waals surface area contributed by atoms with Crippen LogP contribution < -0.4 is 0 Å². The molecule has 0 radical (unpaired) electrons. The van der Waals surface area contributed by atoms with Gasteiger partial charge in [0.1, 0.15) is 0 Å². The maximum atomic E-state index is 9.64. The molecule has 2 aliphatic rings. The van der Waals surface area contributed by atoms with Crippen molar-refractivity contribution in [3.05, 3.63) is 46.9 Å². The van der Waals surface area contributed by atoms with Crippen molar-refractivity contribution in [3.8, 4) is 0 Å². The molecule has 0 fully saturated rings. The summed E-state index contributed by atoms with van der Waals surface area (Å²) in [7, 11) is 0.901. The largest absolute Gasteiger partial charge is 2.00 e. The monoisotopic (exact) mass is 408 g/mol. The summed E-state index contributed by atoms with van der Waals surface area (Å²) >= 11 is 0. The van der Waals surface area contributed by atoms with E-state index in [0.717, 1.165) is 40.3 Å². The van der Waals surface area contributed by atoms with E-state index >= 15 is 0 Å². The number of hydrogen-bond donors (Lipinski definition) is 1. The standard InChI is InChI=1S/C10H17OSi.C5H5.2ClH.Zr/c1-4-5-10(3)6-8(12)9(11)7(10)2;1-2-4-5-3-1;;;/h11H,4-5H2,1-3,12H3;1-3H,4H2;2*1H;/q2*-1;;;+2. The van der Waals surface area contributed by atoms with E-state index in [1.54, 1.807) is 0 Å². The average molecular weight is 411 g/mol. The Morgan fingerprint density at radius 1 is 1.40 bits per heavy atom. The predicted molar refractivity (Wildman–Crippen MR) is 91.1 cm³/mol. The second kappa shape index (κ2) is 12.0. The molecule has 1 atom stereocenters. The molecule has 2 aliphatic carbocycles. The minimum absolute atomic E-state index is 0. The summed E-state index contributed by atoms with van der Waals surface area (Å²) in [5, 5.41) is 10.7. The zero-order valence-corrected chi connectivity index (χ0v) is 18.7. The van der Waals surface area contributed by atoms with Gasteiger partial charge in [0.25, 0.3) is 0 Å². The predicted octanol–water partition coefficient (Wildman–Crippen LogP) is 3.84. The third-order valence-corrected chi connectivity index (χ3v) is 4.06. The molecule has 1 unspecified atom stereocenters. The van der Waals surface area contributed by atoms with E-state index in [1.165, 1.54) is 0 Å². The van der Waals surface area contributed by atoms with Gasteiger partial charge < -0.3 is 5.11 Å². The Morgan fingerprint density at radius 2 is 2.00 bits per heavy atom. The fraction of sp³-hybridized carbons (Fsp3) is 0.467. The van der Waals surface area contributed by atoms with Gasteiger partial charge in [-0.05, 0) is 5.76 Å². The quantitative estimate of drug-likeness (QED) is 0.542. The van der Waals surface area contributed by atoms with Crippen molar-refractivity contribution in [2.75, 3.05) is 0 Å². The first kappa shape index (κ1) is 25.4. The average Bonchev–Trinajstić information content (AvgIpc) is 2.90. The molecule has 0 aromatic heterocycles. The molecule has 1 N–H and O–H groups in total. The van der Waals surface area contributed by atoms with Crippen molar-refractivity contribution in [1.29, 1.82) is 0 Å². The van der Waals surface area contributed by atoms with Gasteiger partial charge in [-0.1, -0.05) is 39.0 Å². The van der Waals surface area contributed by atoms with E-state index in [2.05, 4.69) is 32.1 Å². The van der Waals surface area contributed by atoms with Crippen LogP contribution in [-0.2, 0) is 26.2 Å². The minimum atomic E-state index is 0. The van der Waals surface area contributed by atoms with Crippen LogP contribution in [0.15, 0.2) is 34.8 Å². The van der Waals surface area contributed by atoms with E-state index in [1.807, 2.05) is 19.1 Å². The molecular weight excluding hydrogens is 386 g/mol. The molecule has 2 rings (SSSR count). The van der Waals surface area contributed by atoms with Gasteiger partial charge in [0.2, 0.25) is 0 Å². The van der Waals surface area contributed by atoms with Gasteiger partial charge in [0, 0.05) is 10.2 Å². The first-order chi connectivity index (χ1) is 8.01. The molecule has 0 aromatic rings. The Morgan fingerprint density at radius 3 is 2.25 bits per heavy atom. The van der Waals surface area contributed by atoms with Crippen LogP contribution in [0.3, 0.4) is 0 Å².